The fraction of sp³-hybridized carbons (Fsp3) is 0.238. The summed E-state index contributed by atoms with van der Waals surface area (Å²) in [4.78, 5) is 17.7. The van der Waals surface area contributed by atoms with E-state index >= 15 is 0 Å². The summed E-state index contributed by atoms with van der Waals surface area (Å²) >= 11 is 1.39. The Hall–Kier alpha value is -2.70. The normalized spacial score (nSPS) is 10.2. The maximum absolute atomic E-state index is 12.6. The lowest BCUT2D eigenvalue weighted by atomic mass is 10.00. The van der Waals surface area contributed by atoms with Crippen molar-refractivity contribution < 1.29 is 9.53 Å². The zero-order valence-corrected chi connectivity index (χ0v) is 16.7. The fourth-order valence-electron chi connectivity index (χ4n) is 2.56. The highest BCUT2D eigenvalue weighted by Gasteiger charge is 2.14. The zero-order chi connectivity index (χ0) is 19.8. The molecule has 0 saturated heterocycles. The molecule has 0 spiro atoms. The van der Waals surface area contributed by atoms with Gasteiger partial charge in [0.15, 0.2) is 10.9 Å². The number of thiazole rings is 1. The molecular weight excluding hydrogens is 358 g/mol. The third-order valence-electron chi connectivity index (χ3n) is 3.74. The van der Waals surface area contributed by atoms with Crippen LogP contribution in [0.4, 0.5) is 10.8 Å². The van der Waals surface area contributed by atoms with Crippen LogP contribution in [0.5, 0.6) is 0 Å². The van der Waals surface area contributed by atoms with Crippen LogP contribution in [0.2, 0.25) is 0 Å². The third-order valence-corrected chi connectivity index (χ3v) is 4.77. The number of aromatic nitrogens is 1. The minimum absolute atomic E-state index is 0.0516. The third kappa shape index (κ3) is 5.64. The van der Waals surface area contributed by atoms with Crippen LogP contribution in [-0.4, -0.2) is 24.0 Å². The summed E-state index contributed by atoms with van der Waals surface area (Å²) < 4.78 is 4.83. The molecule has 2 aromatic carbocycles. The number of hydrogen-bond donors (Lipinski definition) is 2. The molecule has 0 aliphatic carbocycles. The fourth-order valence-corrected chi connectivity index (χ4v) is 3.38. The smallest absolute Gasteiger partial charge is 0.193 e. The van der Waals surface area contributed by atoms with Gasteiger partial charge >= 0.3 is 0 Å². The van der Waals surface area contributed by atoms with Crippen LogP contribution in [0.3, 0.4) is 0 Å². The molecule has 142 valence electrons. The van der Waals surface area contributed by atoms with Crippen molar-refractivity contribution in [2.45, 2.75) is 20.8 Å². The zero-order valence-electron chi connectivity index (χ0n) is 15.9. The molecule has 4 N–H and O–H groups in total. The Morgan fingerprint density at radius 1 is 1.04 bits per heavy atom. The lowest BCUT2D eigenvalue weighted by molar-refractivity contribution is 0.103. The molecule has 0 saturated carbocycles. The van der Waals surface area contributed by atoms with Gasteiger partial charge in [-0.3, -0.25) is 4.79 Å². The van der Waals surface area contributed by atoms with Gasteiger partial charge in [-0.15, -0.1) is 0 Å². The Bertz CT molecular complexity index is 890. The van der Waals surface area contributed by atoms with Gasteiger partial charge in [-0.05, 0) is 44.5 Å². The van der Waals surface area contributed by atoms with Gasteiger partial charge in [0.1, 0.15) is 0 Å². The van der Waals surface area contributed by atoms with Gasteiger partial charge in [0, 0.05) is 30.0 Å². The molecule has 1 heterocycles. The maximum atomic E-state index is 12.6. The van der Waals surface area contributed by atoms with Crippen molar-refractivity contribution in [3.05, 3.63) is 65.4 Å². The number of carbonyl (C=O) groups excluding carboxylic acids is 1. The second-order valence-corrected chi connectivity index (χ2v) is 6.82. The summed E-state index contributed by atoms with van der Waals surface area (Å²) in [7, 11) is 0. The molecular formula is C21H25N3O2S. The van der Waals surface area contributed by atoms with Gasteiger partial charge in [-0.25, -0.2) is 4.98 Å². The van der Waals surface area contributed by atoms with Crippen LogP contribution in [-0.2, 0) is 4.74 Å². The number of hydrogen-bond acceptors (Lipinski definition) is 6. The monoisotopic (exact) mass is 383 g/mol. The lowest BCUT2D eigenvalue weighted by Gasteiger charge is -2.06. The average molecular weight is 384 g/mol. The van der Waals surface area contributed by atoms with Crippen molar-refractivity contribution >= 4 is 27.9 Å². The maximum Gasteiger partial charge on any atom is 0.193 e. The van der Waals surface area contributed by atoms with E-state index < -0.39 is 0 Å². The molecule has 0 bridgehead atoms. The summed E-state index contributed by atoms with van der Waals surface area (Å²) in [6, 6.07) is 14.5. The molecule has 3 rings (SSSR count). The first-order valence-electron chi connectivity index (χ1n) is 8.77. The number of ether oxygens (including phenoxy) is 1. The number of nitrogens with two attached hydrogens (primary N) is 2. The van der Waals surface area contributed by atoms with Crippen molar-refractivity contribution in [1.29, 1.82) is 0 Å². The molecule has 0 atom stereocenters. The van der Waals surface area contributed by atoms with Gasteiger partial charge in [0.05, 0.1) is 10.6 Å². The predicted octanol–water partition coefficient (Wildman–Crippen LogP) is 4.56. The highest BCUT2D eigenvalue weighted by molar-refractivity contribution is 7.18. The van der Waals surface area contributed by atoms with Gasteiger partial charge in [0.25, 0.3) is 0 Å². The Morgan fingerprint density at radius 2 is 1.70 bits per heavy atom. The first-order valence-corrected chi connectivity index (χ1v) is 9.59. The first-order chi connectivity index (χ1) is 13.0. The minimum atomic E-state index is -0.0516. The molecule has 1 aromatic heterocycles. The number of nitrogens with zero attached hydrogens (tertiary/aromatic N) is 1. The number of nitrogen functional groups attached to an aromatic ring is 2. The standard InChI is InChI=1S/C17H15N3OS.C4H10O/c1-10-16(22-17(19)20-10)13-7-12(8-14(18)9-13)15(21)11-5-3-2-4-6-11;1-3-5-4-2/h2-9H,18H2,1H3,(H2,19,20);3-4H2,1-2H3. The molecule has 3 aromatic rings. The molecule has 0 fully saturated rings. The average Bonchev–Trinajstić information content (AvgIpc) is 3.01. The summed E-state index contributed by atoms with van der Waals surface area (Å²) in [5.74, 6) is -0.0516. The number of carbonyl (C=O) groups is 1. The number of benzene rings is 2. The molecule has 0 aliphatic heterocycles. The topological polar surface area (TPSA) is 91.2 Å². The SMILES string of the molecule is CCOCC.Cc1nc(N)sc1-c1cc(N)cc(C(=O)c2ccccc2)c1. The molecule has 0 unspecified atom stereocenters. The van der Waals surface area contributed by atoms with Crippen molar-refractivity contribution in [1.82, 2.24) is 4.98 Å². The summed E-state index contributed by atoms with van der Waals surface area (Å²) in [6.07, 6.45) is 0. The Morgan fingerprint density at radius 3 is 2.22 bits per heavy atom. The highest BCUT2D eigenvalue weighted by atomic mass is 32.1. The Kier molecular flexibility index (Phi) is 7.52. The van der Waals surface area contributed by atoms with E-state index in [4.69, 9.17) is 16.2 Å². The number of anilines is 2. The van der Waals surface area contributed by atoms with Crippen molar-refractivity contribution in [3.63, 3.8) is 0 Å². The van der Waals surface area contributed by atoms with E-state index in [1.807, 2.05) is 51.1 Å². The molecule has 5 nitrogen and oxygen atoms in total. The van der Waals surface area contributed by atoms with E-state index in [1.165, 1.54) is 11.3 Å². The molecule has 0 amide bonds. The molecule has 0 aliphatic rings. The Labute approximate surface area is 164 Å². The van der Waals surface area contributed by atoms with Gasteiger partial charge in [0.2, 0.25) is 0 Å². The summed E-state index contributed by atoms with van der Waals surface area (Å²) in [6.45, 7) is 7.56. The largest absolute Gasteiger partial charge is 0.399 e. The van der Waals surface area contributed by atoms with E-state index in [9.17, 15) is 4.79 Å². The lowest BCUT2D eigenvalue weighted by Crippen LogP contribution is -2.02. The quantitative estimate of drug-likeness (QED) is 0.498. The first kappa shape index (κ1) is 20.6. The van der Waals surface area contributed by atoms with Gasteiger partial charge in [-0.1, -0.05) is 41.7 Å². The van der Waals surface area contributed by atoms with Crippen molar-refractivity contribution in [3.8, 4) is 10.4 Å². The summed E-state index contributed by atoms with van der Waals surface area (Å²) in [5.41, 5.74) is 15.2. The predicted molar refractivity (Wildman–Crippen MR) is 113 cm³/mol. The van der Waals surface area contributed by atoms with Crippen LogP contribution in [0.1, 0.15) is 35.5 Å². The van der Waals surface area contributed by atoms with Crippen molar-refractivity contribution in [2.24, 2.45) is 0 Å². The number of aryl methyl sites for hydroxylation is 1. The van der Waals surface area contributed by atoms with E-state index in [2.05, 4.69) is 4.98 Å². The second-order valence-electron chi connectivity index (χ2n) is 5.79. The molecule has 6 heteroatoms. The van der Waals surface area contributed by atoms with E-state index in [0.717, 1.165) is 29.3 Å². The van der Waals surface area contributed by atoms with Gasteiger partial charge < -0.3 is 16.2 Å². The van der Waals surface area contributed by atoms with E-state index in [0.29, 0.717) is 21.9 Å². The molecule has 27 heavy (non-hydrogen) atoms. The van der Waals surface area contributed by atoms with Crippen LogP contribution < -0.4 is 11.5 Å². The Balaban J connectivity index is 0.000000465. The highest BCUT2D eigenvalue weighted by Crippen LogP contribution is 2.33. The van der Waals surface area contributed by atoms with Gasteiger partial charge in [-0.2, -0.15) is 0 Å². The second kappa shape index (κ2) is 9.85. The van der Waals surface area contributed by atoms with E-state index in [-0.39, 0.29) is 5.78 Å². The van der Waals surface area contributed by atoms with Crippen LogP contribution in [0.25, 0.3) is 10.4 Å². The van der Waals surface area contributed by atoms with Crippen LogP contribution in [0.15, 0.2) is 48.5 Å². The number of rotatable bonds is 5. The molecule has 0 radical (unpaired) electrons. The minimum Gasteiger partial charge on any atom is -0.399 e. The van der Waals surface area contributed by atoms with Crippen molar-refractivity contribution in [2.75, 3.05) is 24.7 Å². The summed E-state index contributed by atoms with van der Waals surface area (Å²) in [5, 5.41) is 0.505. The van der Waals surface area contributed by atoms with Crippen LogP contribution >= 0.6 is 11.3 Å². The number of ketones is 1. The van der Waals surface area contributed by atoms with Crippen LogP contribution in [0, 0.1) is 6.92 Å². The van der Waals surface area contributed by atoms with E-state index in [1.54, 1.807) is 18.2 Å².